The van der Waals surface area contributed by atoms with Gasteiger partial charge in [0, 0.05) is 19.2 Å². The van der Waals surface area contributed by atoms with Crippen molar-refractivity contribution in [2.24, 2.45) is 5.92 Å². The molecule has 0 spiro atoms. The minimum absolute atomic E-state index is 0.0528. The number of carbonyl (C=O) groups excluding carboxylic acids is 10. The largest absolute Gasteiger partial charge is 0.460 e. The predicted molar refractivity (Wildman–Crippen MR) is 297 cm³/mol. The van der Waals surface area contributed by atoms with Gasteiger partial charge in [-0.3, -0.25) is 52.3 Å². The van der Waals surface area contributed by atoms with Gasteiger partial charge in [0.15, 0.2) is 0 Å². The number of amides is 6. The minimum Gasteiger partial charge on any atom is -0.460 e. The summed E-state index contributed by atoms with van der Waals surface area (Å²) in [7, 11) is 0. The lowest BCUT2D eigenvalue weighted by Gasteiger charge is -2.29. The summed E-state index contributed by atoms with van der Waals surface area (Å²) in [5, 5.41) is 22.9. The zero-order chi connectivity index (χ0) is 63.1. The van der Waals surface area contributed by atoms with Gasteiger partial charge in [0.1, 0.15) is 59.2 Å². The Balaban J connectivity index is 3.13. The Hall–Kier alpha value is -6.39. The van der Waals surface area contributed by atoms with Crippen molar-refractivity contribution in [2.75, 3.05) is 66.1 Å². The summed E-state index contributed by atoms with van der Waals surface area (Å²) in [4.78, 5) is 134. The lowest BCUT2D eigenvalue weighted by molar-refractivity contribution is -0.157. The summed E-state index contributed by atoms with van der Waals surface area (Å²) >= 11 is 0. The molecule has 0 saturated carbocycles. The molecule has 0 aliphatic heterocycles. The van der Waals surface area contributed by atoms with E-state index in [0.717, 1.165) is 4.68 Å². The quantitative estimate of drug-likeness (QED) is 0.0312. The van der Waals surface area contributed by atoms with E-state index in [1.165, 1.54) is 13.1 Å². The van der Waals surface area contributed by atoms with Crippen LogP contribution in [0.4, 0.5) is 4.39 Å². The maximum absolute atomic E-state index is 14.3. The van der Waals surface area contributed by atoms with E-state index in [1.54, 1.807) is 96.9 Å². The first-order valence-corrected chi connectivity index (χ1v) is 27.9. The molecule has 474 valence electrons. The number of rotatable bonds is 38. The van der Waals surface area contributed by atoms with Crippen LogP contribution in [-0.2, 0) is 98.8 Å². The molecule has 0 bridgehead atoms. The molecule has 0 aliphatic carbocycles. The highest BCUT2D eigenvalue weighted by Crippen LogP contribution is 2.15. The second kappa shape index (κ2) is 37.0. The van der Waals surface area contributed by atoms with Gasteiger partial charge >= 0.3 is 23.9 Å². The van der Waals surface area contributed by atoms with Gasteiger partial charge in [-0.15, -0.1) is 5.10 Å². The van der Waals surface area contributed by atoms with Crippen LogP contribution in [0.1, 0.15) is 148 Å². The van der Waals surface area contributed by atoms with Gasteiger partial charge in [-0.2, -0.15) is 0 Å². The fourth-order valence-corrected chi connectivity index (χ4v) is 7.02. The highest BCUT2D eigenvalue weighted by Gasteiger charge is 2.36. The van der Waals surface area contributed by atoms with Crippen molar-refractivity contribution >= 4 is 59.3 Å². The number of esters is 4. The third-order valence-corrected chi connectivity index (χ3v) is 10.5. The van der Waals surface area contributed by atoms with Gasteiger partial charge in [-0.25, -0.2) is 4.68 Å². The fraction of sp³-hybridized carbons (Fsp3) is 0.782. The van der Waals surface area contributed by atoms with Crippen molar-refractivity contribution in [3.05, 3.63) is 11.9 Å². The fourth-order valence-electron chi connectivity index (χ4n) is 7.02. The van der Waals surface area contributed by atoms with E-state index in [9.17, 15) is 52.3 Å². The van der Waals surface area contributed by atoms with Crippen LogP contribution in [0, 0.1) is 5.92 Å². The Kier molecular flexibility index (Phi) is 33.3. The molecule has 0 saturated heterocycles. The standard InChI is InChI=1S/C55H94FN9O18/c1-35(2)46(62-48(72)38(18-19-42(67)80-52(4,5)6)60-50(74)39(31-44(69)82-54(10,11)12)59-41(66)34-65-33-37(63-64-65)17-16-21-56)51(75)61-40(32-45(70)83-55(13,14)15)49(73)58-36(3)47(71)57-22-24-77-26-28-79-30-29-78-27-25-76-23-20-43(68)81-53(7,8)9/h33,35-36,38-40,46H,16-32,34H2,1-15H3,(H,57,71)(H,58,73)(H,59,66)(H,60,74)(H,61,75)(H,62,72)/t36-,38-,39-,40-,46-/m0/s1. The van der Waals surface area contributed by atoms with Crippen LogP contribution in [0.25, 0.3) is 0 Å². The third kappa shape index (κ3) is 36.7. The van der Waals surface area contributed by atoms with Crippen molar-refractivity contribution < 1.29 is 90.2 Å². The molecule has 0 radical (unpaired) electrons. The maximum Gasteiger partial charge on any atom is 0.308 e. The lowest BCUT2D eigenvalue weighted by atomic mass is 10.0. The second-order valence-electron chi connectivity index (χ2n) is 23.7. The molecule has 5 atom stereocenters. The number of hydrogen-bond donors (Lipinski definition) is 6. The summed E-state index contributed by atoms with van der Waals surface area (Å²) in [6, 6.07) is -7.59. The smallest absolute Gasteiger partial charge is 0.308 e. The van der Waals surface area contributed by atoms with Gasteiger partial charge in [0.2, 0.25) is 35.4 Å². The number of nitrogens with one attached hydrogen (secondary N) is 6. The Morgan fingerprint density at radius 1 is 0.518 bits per heavy atom. The van der Waals surface area contributed by atoms with Crippen LogP contribution in [-0.4, -0.2) is 193 Å². The van der Waals surface area contributed by atoms with Crippen molar-refractivity contribution in [3.8, 4) is 0 Å². The molecule has 28 heteroatoms. The molecule has 6 amide bonds. The lowest BCUT2D eigenvalue weighted by Crippen LogP contribution is -2.60. The Labute approximate surface area is 487 Å². The first kappa shape index (κ1) is 74.6. The van der Waals surface area contributed by atoms with Crippen molar-refractivity contribution in [1.29, 1.82) is 0 Å². The van der Waals surface area contributed by atoms with Crippen LogP contribution in [0.3, 0.4) is 0 Å². The van der Waals surface area contributed by atoms with Crippen molar-refractivity contribution in [2.45, 2.75) is 208 Å². The molecule has 0 unspecified atom stereocenters. The van der Waals surface area contributed by atoms with E-state index in [1.807, 2.05) is 0 Å². The van der Waals surface area contributed by atoms with Crippen LogP contribution < -0.4 is 31.9 Å². The van der Waals surface area contributed by atoms with Crippen molar-refractivity contribution in [1.82, 2.24) is 46.9 Å². The van der Waals surface area contributed by atoms with Gasteiger partial charge in [-0.1, -0.05) is 19.1 Å². The second-order valence-corrected chi connectivity index (χ2v) is 23.7. The number of aromatic nitrogens is 3. The maximum atomic E-state index is 14.3. The first-order chi connectivity index (χ1) is 38.5. The molecule has 6 N–H and O–H groups in total. The van der Waals surface area contributed by atoms with Gasteiger partial charge in [0.05, 0.1) is 84.5 Å². The minimum atomic E-state index is -1.66. The van der Waals surface area contributed by atoms with Crippen LogP contribution >= 0.6 is 0 Å². The summed E-state index contributed by atoms with van der Waals surface area (Å²) in [6.07, 6.45) is -0.258. The van der Waals surface area contributed by atoms with E-state index >= 15 is 0 Å². The molecular formula is C55H94FN9O18. The molecule has 0 aromatic carbocycles. The molecular weight excluding hydrogens is 1090 g/mol. The van der Waals surface area contributed by atoms with Gasteiger partial charge < -0.3 is 69.8 Å². The summed E-state index contributed by atoms with van der Waals surface area (Å²) in [6.45, 7) is 25.3. The average molecular weight is 1190 g/mol. The van der Waals surface area contributed by atoms with Crippen LogP contribution in [0.5, 0.6) is 0 Å². The predicted octanol–water partition coefficient (Wildman–Crippen LogP) is 1.78. The molecule has 1 aromatic heterocycles. The van der Waals surface area contributed by atoms with E-state index < -0.39 is 151 Å². The number of nitrogens with zero attached hydrogens (tertiary/aromatic N) is 3. The van der Waals surface area contributed by atoms with Crippen LogP contribution in [0.2, 0.25) is 0 Å². The third-order valence-electron chi connectivity index (χ3n) is 10.5. The molecule has 1 rings (SSSR count). The monoisotopic (exact) mass is 1190 g/mol. The molecule has 27 nitrogen and oxygen atoms in total. The molecule has 0 fully saturated rings. The first-order valence-electron chi connectivity index (χ1n) is 27.9. The zero-order valence-corrected chi connectivity index (χ0v) is 51.3. The number of hydrogen-bond acceptors (Lipinski definition) is 20. The molecule has 1 heterocycles. The Morgan fingerprint density at radius 3 is 1.45 bits per heavy atom. The highest BCUT2D eigenvalue weighted by molar-refractivity contribution is 5.98. The summed E-state index contributed by atoms with van der Waals surface area (Å²) < 4.78 is 57.2. The number of ether oxygens (including phenoxy) is 8. The number of halogens is 1. The van der Waals surface area contributed by atoms with E-state index in [-0.39, 0.29) is 58.2 Å². The van der Waals surface area contributed by atoms with E-state index in [2.05, 4.69) is 42.2 Å². The molecule has 1 aromatic rings. The van der Waals surface area contributed by atoms with Gasteiger partial charge in [0.25, 0.3) is 0 Å². The Bertz CT molecular complexity index is 2240. The number of aryl methyl sites for hydroxylation is 1. The van der Waals surface area contributed by atoms with Crippen LogP contribution in [0.15, 0.2) is 6.20 Å². The number of carbonyl (C=O) groups is 10. The zero-order valence-electron chi connectivity index (χ0n) is 51.3. The SMILES string of the molecule is CC(C)[C@H](NC(=O)[C@H](CCC(=O)OC(C)(C)C)NC(=O)[C@H](CC(=O)OC(C)(C)C)NC(=O)Cn1cc(CCCF)nn1)C(=O)N[C@@H](CC(=O)OC(C)(C)C)C(=O)N[C@@H](C)C(=O)NCCOCCOCCOCCOCCC(=O)OC(C)(C)C. The normalized spacial score (nSPS) is 13.7. The topological polar surface area (TPSA) is 347 Å². The Morgan fingerprint density at radius 2 is 0.952 bits per heavy atom. The number of alkyl halides is 1. The van der Waals surface area contributed by atoms with Crippen molar-refractivity contribution in [3.63, 3.8) is 0 Å². The summed E-state index contributed by atoms with van der Waals surface area (Å²) in [5.41, 5.74) is -3.07. The average Bonchev–Trinajstić information content (AvgIpc) is 3.96. The van der Waals surface area contributed by atoms with E-state index in [0.29, 0.717) is 32.1 Å². The molecule has 0 aliphatic rings. The highest BCUT2D eigenvalue weighted by atomic mass is 19.1. The summed E-state index contributed by atoms with van der Waals surface area (Å²) in [5.74, 6) is -9.00. The molecule has 83 heavy (non-hydrogen) atoms. The van der Waals surface area contributed by atoms with Gasteiger partial charge in [-0.05, 0) is 115 Å². The van der Waals surface area contributed by atoms with E-state index in [4.69, 9.17) is 37.9 Å².